The van der Waals surface area contributed by atoms with Crippen molar-refractivity contribution in [1.82, 2.24) is 0 Å². The molecule has 18 heteroatoms. The number of aliphatic hydroxyl groups is 10. The molecule has 0 bridgehead atoms. The van der Waals surface area contributed by atoms with E-state index in [1.807, 2.05) is 6.92 Å². The van der Waals surface area contributed by atoms with Crippen molar-refractivity contribution in [3.05, 3.63) is 0 Å². The highest BCUT2D eigenvalue weighted by atomic mass is 16.8. The van der Waals surface area contributed by atoms with E-state index in [-0.39, 0.29) is 34.7 Å². The molecule has 362 valence electrons. The molecule has 63 heavy (non-hydrogen) atoms. The first-order valence-electron chi connectivity index (χ1n) is 23.7. The molecule has 29 atom stereocenters. The van der Waals surface area contributed by atoms with Crippen molar-refractivity contribution >= 4 is 0 Å². The Labute approximate surface area is 369 Å². The predicted octanol–water partition coefficient (Wildman–Crippen LogP) is -0.737. The monoisotopic (exact) mass is 902 g/mol. The minimum absolute atomic E-state index is 0.0648. The van der Waals surface area contributed by atoms with Gasteiger partial charge in [0.05, 0.1) is 49.8 Å². The lowest BCUT2D eigenvalue weighted by atomic mass is 9.44. The van der Waals surface area contributed by atoms with Crippen LogP contribution >= 0.6 is 0 Å². The summed E-state index contributed by atoms with van der Waals surface area (Å²) in [5.41, 5.74) is -0.129. The van der Waals surface area contributed by atoms with Crippen LogP contribution in [0.3, 0.4) is 0 Å². The average Bonchev–Trinajstić information content (AvgIpc) is 3.69. The van der Waals surface area contributed by atoms with Gasteiger partial charge in [0, 0.05) is 18.3 Å². The van der Waals surface area contributed by atoms with Gasteiger partial charge in [-0.3, -0.25) is 0 Å². The molecule has 0 aromatic carbocycles. The first-order chi connectivity index (χ1) is 29.7. The summed E-state index contributed by atoms with van der Waals surface area (Å²) >= 11 is 0. The molecular formula is C45H74O18. The molecular weight excluding hydrogens is 828 g/mol. The Morgan fingerprint density at radius 3 is 1.86 bits per heavy atom. The van der Waals surface area contributed by atoms with Crippen molar-refractivity contribution in [2.75, 3.05) is 13.2 Å². The van der Waals surface area contributed by atoms with Gasteiger partial charge < -0.3 is 89.0 Å². The predicted molar refractivity (Wildman–Crippen MR) is 216 cm³/mol. The van der Waals surface area contributed by atoms with Crippen LogP contribution in [0.2, 0.25) is 0 Å². The summed E-state index contributed by atoms with van der Waals surface area (Å²) in [5.74, 6) is 1.29. The van der Waals surface area contributed by atoms with Crippen molar-refractivity contribution < 1.29 is 89.0 Å². The Morgan fingerprint density at radius 2 is 1.24 bits per heavy atom. The fourth-order valence-corrected chi connectivity index (χ4v) is 14.6. The van der Waals surface area contributed by atoms with Crippen molar-refractivity contribution in [2.24, 2.45) is 52.3 Å². The summed E-state index contributed by atoms with van der Waals surface area (Å²) in [6, 6.07) is 0. The highest BCUT2D eigenvalue weighted by Gasteiger charge is 2.70. The molecule has 18 nitrogen and oxygen atoms in total. The second-order valence-corrected chi connectivity index (χ2v) is 21.7. The Morgan fingerprint density at radius 1 is 0.603 bits per heavy atom. The van der Waals surface area contributed by atoms with Crippen molar-refractivity contribution in [2.45, 2.75) is 215 Å². The van der Waals surface area contributed by atoms with E-state index in [1.54, 1.807) is 0 Å². The van der Waals surface area contributed by atoms with Gasteiger partial charge in [-0.1, -0.05) is 27.7 Å². The maximum atomic E-state index is 12.1. The summed E-state index contributed by atoms with van der Waals surface area (Å²) in [6.45, 7) is 11.8. The van der Waals surface area contributed by atoms with Crippen LogP contribution in [-0.4, -0.2) is 187 Å². The Balaban J connectivity index is 0.914. The maximum absolute atomic E-state index is 12.1. The zero-order valence-corrected chi connectivity index (χ0v) is 37.3. The van der Waals surface area contributed by atoms with Gasteiger partial charge in [0.1, 0.15) is 61.0 Å². The minimum Gasteiger partial charge on any atom is -0.394 e. The lowest BCUT2D eigenvalue weighted by Gasteiger charge is -2.62. The van der Waals surface area contributed by atoms with E-state index in [2.05, 4.69) is 20.8 Å². The Hall–Kier alpha value is -0.720. The van der Waals surface area contributed by atoms with Crippen LogP contribution in [0.4, 0.5) is 0 Å². The highest BCUT2D eigenvalue weighted by molar-refractivity contribution is 5.16. The number of aliphatic hydroxyl groups excluding tert-OH is 10. The average molecular weight is 903 g/mol. The largest absolute Gasteiger partial charge is 0.394 e. The lowest BCUT2D eigenvalue weighted by Crippen LogP contribution is -2.67. The summed E-state index contributed by atoms with van der Waals surface area (Å²) in [6.07, 6.45) is -18.1. The zero-order valence-electron chi connectivity index (χ0n) is 37.3. The van der Waals surface area contributed by atoms with E-state index in [4.69, 9.17) is 37.9 Å². The van der Waals surface area contributed by atoms with Gasteiger partial charge in [0.2, 0.25) is 0 Å². The first-order valence-corrected chi connectivity index (χ1v) is 23.7. The molecule has 4 saturated carbocycles. The summed E-state index contributed by atoms with van der Waals surface area (Å²) in [4.78, 5) is 0. The molecule has 0 amide bonds. The van der Waals surface area contributed by atoms with E-state index in [0.717, 1.165) is 32.1 Å². The molecule has 5 aliphatic heterocycles. The molecule has 0 radical (unpaired) electrons. The maximum Gasteiger partial charge on any atom is 0.187 e. The molecule has 9 rings (SSSR count). The van der Waals surface area contributed by atoms with Crippen LogP contribution in [-0.2, 0) is 37.9 Å². The summed E-state index contributed by atoms with van der Waals surface area (Å²) < 4.78 is 49.7. The normalized spacial score (nSPS) is 60.6. The number of ether oxygens (including phenoxy) is 8. The van der Waals surface area contributed by atoms with Gasteiger partial charge >= 0.3 is 0 Å². The number of hydrogen-bond donors (Lipinski definition) is 10. The fourth-order valence-electron chi connectivity index (χ4n) is 14.6. The second kappa shape index (κ2) is 17.4. The fraction of sp³-hybridized carbons (Fsp3) is 1.00. The van der Waals surface area contributed by atoms with E-state index in [0.29, 0.717) is 49.5 Å². The number of hydrogen-bond acceptors (Lipinski definition) is 18. The third kappa shape index (κ3) is 7.70. The molecule has 5 saturated heterocycles. The molecule has 5 heterocycles. The first kappa shape index (κ1) is 47.4. The van der Waals surface area contributed by atoms with Gasteiger partial charge in [0.25, 0.3) is 0 Å². The number of fused-ring (bicyclic) bond motifs is 7. The van der Waals surface area contributed by atoms with Gasteiger partial charge in [0.15, 0.2) is 24.7 Å². The molecule has 10 N–H and O–H groups in total. The van der Waals surface area contributed by atoms with Crippen LogP contribution in [0.25, 0.3) is 0 Å². The third-order valence-electron chi connectivity index (χ3n) is 18.4. The molecule has 0 aromatic heterocycles. The van der Waals surface area contributed by atoms with Crippen molar-refractivity contribution in [3.8, 4) is 0 Å². The molecule has 29 unspecified atom stereocenters. The van der Waals surface area contributed by atoms with Crippen molar-refractivity contribution in [3.63, 3.8) is 0 Å². The van der Waals surface area contributed by atoms with Gasteiger partial charge in [-0.15, -0.1) is 0 Å². The smallest absolute Gasteiger partial charge is 0.187 e. The van der Waals surface area contributed by atoms with Gasteiger partial charge in [-0.05, 0) is 99.2 Å². The Kier molecular flexibility index (Phi) is 13.0. The van der Waals surface area contributed by atoms with Gasteiger partial charge in [-0.2, -0.15) is 0 Å². The van der Waals surface area contributed by atoms with Crippen LogP contribution in [0.1, 0.15) is 92.9 Å². The van der Waals surface area contributed by atoms with Crippen LogP contribution in [0, 0.1) is 52.3 Å². The molecule has 9 aliphatic rings. The van der Waals surface area contributed by atoms with E-state index < -0.39 is 123 Å². The van der Waals surface area contributed by atoms with Crippen LogP contribution in [0.15, 0.2) is 0 Å². The lowest BCUT2D eigenvalue weighted by molar-refractivity contribution is -0.391. The topological polar surface area (TPSA) is 276 Å². The van der Waals surface area contributed by atoms with E-state index >= 15 is 0 Å². The molecule has 1 spiro atoms. The van der Waals surface area contributed by atoms with Crippen molar-refractivity contribution in [1.29, 1.82) is 0 Å². The highest BCUT2D eigenvalue weighted by Crippen LogP contribution is 2.71. The van der Waals surface area contributed by atoms with E-state index in [1.165, 1.54) is 13.8 Å². The quantitative estimate of drug-likeness (QED) is 0.141. The van der Waals surface area contributed by atoms with E-state index in [9.17, 15) is 51.1 Å². The number of rotatable bonds is 7. The molecule has 0 aromatic rings. The third-order valence-corrected chi connectivity index (χ3v) is 18.4. The summed E-state index contributed by atoms with van der Waals surface area (Å²) in [7, 11) is 0. The molecule has 9 fully saturated rings. The summed E-state index contributed by atoms with van der Waals surface area (Å²) in [5, 5.41) is 109. The van der Waals surface area contributed by atoms with Crippen LogP contribution in [0.5, 0.6) is 0 Å². The Bertz CT molecular complexity index is 1610. The standard InChI is InChI=1S/C45H74O18/c1-17-16-56-45(14-25(17)47)18(2)30-28(63-45)12-24-22-8-7-21-11-27(26(48)13-44(21,6)23(22)9-10-43(24,30)5)59-42-39(62-41-36(54)34(52)32(50)20(4)58-41)37(55)38(29(15-46)60-42)61-40-35(53)33(51)31(49)19(3)57-40/h17-42,46-55H,7-16H2,1-6H3. The van der Waals surface area contributed by atoms with Crippen LogP contribution < -0.4 is 0 Å². The second-order valence-electron chi connectivity index (χ2n) is 21.7. The molecule has 4 aliphatic carbocycles. The SMILES string of the molecule is CC1COC2(CC1O)OC1CC3C4CCC5CC(OC6OC(CO)C(OC7OC(C)C(O)C(O)C7O)C(O)C6OC6OC(C)C(O)C(O)C6O)C(O)CC5(C)C4CCC3(C)C1C2C. The zero-order chi connectivity index (χ0) is 45.2. The van der Waals surface area contributed by atoms with Gasteiger partial charge in [-0.25, -0.2) is 0 Å². The minimum atomic E-state index is -1.76.